The summed E-state index contributed by atoms with van der Waals surface area (Å²) in [5.74, 6) is 0. The molecule has 1 aliphatic rings. The van der Waals surface area contributed by atoms with E-state index in [0.717, 1.165) is 23.0 Å². The number of piperidine rings is 1. The zero-order valence-corrected chi connectivity index (χ0v) is 9.83. The summed E-state index contributed by atoms with van der Waals surface area (Å²) in [4.78, 5) is 0. The molecule has 1 fully saturated rings. The van der Waals surface area contributed by atoms with Crippen molar-refractivity contribution < 1.29 is 8.42 Å². The van der Waals surface area contributed by atoms with Gasteiger partial charge in [0.25, 0.3) is 10.2 Å². The minimum absolute atomic E-state index is 0.615. The Morgan fingerprint density at radius 3 is 2.31 bits per heavy atom. The summed E-state index contributed by atoms with van der Waals surface area (Å²) >= 11 is 0.701. The monoisotopic (exact) mass is 244 g/mol. The zero-order valence-electron chi connectivity index (χ0n) is 7.44. The highest BCUT2D eigenvalue weighted by Gasteiger charge is 2.28. The highest BCUT2D eigenvalue weighted by Crippen LogP contribution is 2.22. The molecule has 0 aromatic rings. The van der Waals surface area contributed by atoms with Crippen LogP contribution in [-0.4, -0.2) is 36.6 Å². The second kappa shape index (κ2) is 4.84. The summed E-state index contributed by atoms with van der Waals surface area (Å²) in [6, 6.07) is 0. The van der Waals surface area contributed by atoms with Crippen molar-refractivity contribution in [3.8, 4) is 0 Å². The molecule has 0 spiro atoms. The number of nitrogens with zero attached hydrogens (tertiary/aromatic N) is 2. The van der Waals surface area contributed by atoms with Crippen molar-refractivity contribution in [3.05, 3.63) is 0 Å². The Kier molecular flexibility index (Phi) is 4.31. The van der Waals surface area contributed by atoms with Crippen LogP contribution in [-0.2, 0) is 10.2 Å². The average molecular weight is 245 g/mol. The van der Waals surface area contributed by atoms with Gasteiger partial charge < -0.3 is 0 Å². The van der Waals surface area contributed by atoms with Gasteiger partial charge in [0.15, 0.2) is 0 Å². The van der Waals surface area contributed by atoms with E-state index < -0.39 is 10.2 Å². The first-order valence-corrected chi connectivity index (χ1v) is 7.11. The Labute approximate surface area is 88.0 Å². The molecule has 0 aliphatic carbocycles. The molecule has 0 aromatic heterocycles. The van der Waals surface area contributed by atoms with Crippen LogP contribution in [0.3, 0.4) is 0 Å². The van der Waals surface area contributed by atoms with E-state index in [1.165, 1.54) is 11.4 Å². The Balaban J connectivity index is 2.67. The van der Waals surface area contributed by atoms with Gasteiger partial charge in [0.1, 0.15) is 0 Å². The second-order valence-corrected chi connectivity index (χ2v) is 6.24. The molecule has 4 nitrogen and oxygen atoms in total. The second-order valence-electron chi connectivity index (χ2n) is 2.95. The lowest BCUT2D eigenvalue weighted by Gasteiger charge is -2.28. The predicted molar refractivity (Wildman–Crippen MR) is 55.6 cm³/mol. The fourth-order valence-electron chi connectivity index (χ4n) is 1.29. The van der Waals surface area contributed by atoms with E-state index in [4.69, 9.17) is 10.7 Å². The lowest BCUT2D eigenvalue weighted by molar-refractivity contribution is 0.335. The van der Waals surface area contributed by atoms with Gasteiger partial charge in [-0.05, 0) is 23.5 Å². The summed E-state index contributed by atoms with van der Waals surface area (Å²) in [6.45, 7) is 1.23. The molecule has 78 valence electrons. The number of halogens is 1. The normalized spacial score (nSPS) is 20.8. The topological polar surface area (TPSA) is 40.6 Å². The molecular formula is C6H13ClN2O2S2. The largest absolute Gasteiger partial charge is 0.292 e. The Bertz CT molecular complexity index is 251. The molecule has 0 atom stereocenters. The molecule has 1 rings (SSSR count). The molecular weight excluding hydrogens is 232 g/mol. The van der Waals surface area contributed by atoms with Crippen LogP contribution in [0.25, 0.3) is 0 Å². The zero-order chi connectivity index (χ0) is 9.90. The standard InChI is InChI=1S/C6H13ClN2O2S2/c1-8(12-7)13(10,11)9-5-3-2-4-6-9/h2-6H2,1H3. The fraction of sp³-hybridized carbons (Fsp3) is 1.00. The molecule has 0 radical (unpaired) electrons. The van der Waals surface area contributed by atoms with Crippen LogP contribution in [0.15, 0.2) is 0 Å². The third-order valence-corrected chi connectivity index (χ3v) is 5.58. The minimum Gasteiger partial charge on any atom is -0.194 e. The average Bonchev–Trinajstić information content (AvgIpc) is 2.18. The van der Waals surface area contributed by atoms with Gasteiger partial charge in [-0.25, -0.2) is 0 Å². The van der Waals surface area contributed by atoms with Crippen molar-refractivity contribution in [2.24, 2.45) is 0 Å². The molecule has 7 heteroatoms. The summed E-state index contributed by atoms with van der Waals surface area (Å²) in [5.41, 5.74) is 0. The van der Waals surface area contributed by atoms with E-state index in [-0.39, 0.29) is 0 Å². The van der Waals surface area contributed by atoms with Crippen molar-refractivity contribution in [2.45, 2.75) is 19.3 Å². The number of hydrogen-bond acceptors (Lipinski definition) is 3. The van der Waals surface area contributed by atoms with Crippen LogP contribution >= 0.6 is 21.8 Å². The van der Waals surface area contributed by atoms with Crippen LogP contribution in [0, 0.1) is 0 Å². The van der Waals surface area contributed by atoms with E-state index >= 15 is 0 Å². The quantitative estimate of drug-likeness (QED) is 0.706. The highest BCUT2D eigenvalue weighted by atomic mass is 35.7. The molecule has 1 saturated heterocycles. The van der Waals surface area contributed by atoms with Crippen molar-refractivity contribution in [1.29, 1.82) is 0 Å². The van der Waals surface area contributed by atoms with Crippen molar-refractivity contribution in [1.82, 2.24) is 8.02 Å². The minimum atomic E-state index is -3.31. The van der Waals surface area contributed by atoms with E-state index in [9.17, 15) is 8.42 Å². The molecule has 0 unspecified atom stereocenters. The van der Waals surface area contributed by atoms with E-state index in [1.807, 2.05) is 0 Å². The summed E-state index contributed by atoms with van der Waals surface area (Å²) in [5, 5.41) is 0. The lowest BCUT2D eigenvalue weighted by atomic mass is 10.2. The van der Waals surface area contributed by atoms with E-state index in [0.29, 0.717) is 24.3 Å². The number of rotatable bonds is 3. The van der Waals surface area contributed by atoms with Gasteiger partial charge in [-0.3, -0.25) is 0 Å². The lowest BCUT2D eigenvalue weighted by Crippen LogP contribution is -2.41. The van der Waals surface area contributed by atoms with Gasteiger partial charge in [-0.2, -0.15) is 12.7 Å². The maximum atomic E-state index is 11.7. The SMILES string of the molecule is CN(SCl)S(=O)(=O)N1CCCCC1. The van der Waals surface area contributed by atoms with Crippen LogP contribution < -0.4 is 0 Å². The third kappa shape index (κ3) is 2.73. The molecule has 0 amide bonds. The van der Waals surface area contributed by atoms with Gasteiger partial charge >= 0.3 is 0 Å². The third-order valence-electron chi connectivity index (χ3n) is 2.06. The fourth-order valence-corrected chi connectivity index (χ4v) is 3.55. The van der Waals surface area contributed by atoms with Gasteiger partial charge in [0.2, 0.25) is 0 Å². The van der Waals surface area contributed by atoms with Crippen LogP contribution in [0.2, 0.25) is 0 Å². The van der Waals surface area contributed by atoms with Crippen LogP contribution in [0.1, 0.15) is 19.3 Å². The molecule has 0 N–H and O–H groups in total. The molecule has 13 heavy (non-hydrogen) atoms. The molecule has 1 heterocycles. The van der Waals surface area contributed by atoms with Gasteiger partial charge in [-0.1, -0.05) is 6.42 Å². The van der Waals surface area contributed by atoms with E-state index in [1.54, 1.807) is 0 Å². The van der Waals surface area contributed by atoms with Crippen LogP contribution in [0.4, 0.5) is 0 Å². The highest BCUT2D eigenvalue weighted by molar-refractivity contribution is 8.24. The van der Waals surface area contributed by atoms with Crippen molar-refractivity contribution in [2.75, 3.05) is 20.1 Å². The molecule has 0 bridgehead atoms. The molecule has 0 aromatic carbocycles. The Morgan fingerprint density at radius 1 is 1.31 bits per heavy atom. The molecule has 1 aliphatic heterocycles. The first-order chi connectivity index (χ1) is 6.09. The maximum Gasteiger partial charge on any atom is 0.292 e. The summed E-state index contributed by atoms with van der Waals surface area (Å²) in [6.07, 6.45) is 3.00. The first-order valence-electron chi connectivity index (χ1n) is 4.12. The van der Waals surface area contributed by atoms with Crippen LogP contribution in [0.5, 0.6) is 0 Å². The Hall–Kier alpha value is 0.510. The smallest absolute Gasteiger partial charge is 0.194 e. The van der Waals surface area contributed by atoms with Gasteiger partial charge in [0.05, 0.1) is 0 Å². The summed E-state index contributed by atoms with van der Waals surface area (Å²) < 4.78 is 25.9. The van der Waals surface area contributed by atoms with Gasteiger partial charge in [-0.15, -0.1) is 3.71 Å². The maximum absolute atomic E-state index is 11.7. The van der Waals surface area contributed by atoms with Crippen molar-refractivity contribution in [3.63, 3.8) is 0 Å². The van der Waals surface area contributed by atoms with E-state index in [2.05, 4.69) is 0 Å². The van der Waals surface area contributed by atoms with Crippen molar-refractivity contribution >= 4 is 32.1 Å². The van der Waals surface area contributed by atoms with Gasteiger partial charge in [0, 0.05) is 31.3 Å². The number of hydrogen-bond donors (Lipinski definition) is 0. The summed E-state index contributed by atoms with van der Waals surface area (Å²) in [7, 11) is 3.54. The molecule has 0 saturated carbocycles. The Morgan fingerprint density at radius 2 is 1.85 bits per heavy atom. The predicted octanol–water partition coefficient (Wildman–Crippen LogP) is 1.45. The first kappa shape index (κ1) is 11.6.